The molecule has 2 aliphatic heterocycles. The van der Waals surface area contributed by atoms with Gasteiger partial charge in [-0.05, 0) is 45.3 Å². The van der Waals surface area contributed by atoms with E-state index in [0.29, 0.717) is 13.2 Å². The lowest BCUT2D eigenvalue weighted by Crippen LogP contribution is -2.51. The molecule has 5 heteroatoms. The first-order valence-corrected chi connectivity index (χ1v) is 7.03. The van der Waals surface area contributed by atoms with Crippen molar-refractivity contribution in [2.45, 2.75) is 25.3 Å². The Kier molecular flexibility index (Phi) is 5.41. The fourth-order valence-electron chi connectivity index (χ4n) is 2.61. The molecule has 2 fully saturated rings. The number of hydrogen-bond donors (Lipinski definition) is 2. The Hall–Kier alpha value is -0.650. The molecule has 2 aliphatic rings. The number of piperidine rings is 1. The molecule has 0 aromatic rings. The highest BCUT2D eigenvalue weighted by atomic mass is 16.5. The molecule has 104 valence electrons. The molecule has 1 amide bonds. The van der Waals surface area contributed by atoms with Crippen LogP contribution in [0, 0.1) is 5.92 Å². The van der Waals surface area contributed by atoms with Gasteiger partial charge in [-0.25, -0.2) is 0 Å². The van der Waals surface area contributed by atoms with Gasteiger partial charge in [0.15, 0.2) is 0 Å². The van der Waals surface area contributed by atoms with Gasteiger partial charge in [0, 0.05) is 13.1 Å². The zero-order chi connectivity index (χ0) is 12.8. The van der Waals surface area contributed by atoms with Crippen LogP contribution in [0.1, 0.15) is 19.3 Å². The third kappa shape index (κ3) is 4.23. The zero-order valence-corrected chi connectivity index (χ0v) is 11.3. The topological polar surface area (TPSA) is 53.6 Å². The highest BCUT2D eigenvalue weighted by molar-refractivity contribution is 5.81. The van der Waals surface area contributed by atoms with Gasteiger partial charge in [-0.3, -0.25) is 4.79 Å². The van der Waals surface area contributed by atoms with Gasteiger partial charge in [0.25, 0.3) is 0 Å². The Morgan fingerprint density at radius 1 is 1.44 bits per heavy atom. The van der Waals surface area contributed by atoms with Crippen molar-refractivity contribution in [1.82, 2.24) is 15.5 Å². The summed E-state index contributed by atoms with van der Waals surface area (Å²) in [6.45, 7) is 5.16. The lowest BCUT2D eigenvalue weighted by molar-refractivity contribution is -0.125. The lowest BCUT2D eigenvalue weighted by Gasteiger charge is -2.29. The number of nitrogens with zero attached hydrogens (tertiary/aromatic N) is 1. The summed E-state index contributed by atoms with van der Waals surface area (Å²) in [4.78, 5) is 14.2. The predicted octanol–water partition coefficient (Wildman–Crippen LogP) is -0.177. The van der Waals surface area contributed by atoms with Gasteiger partial charge in [0.1, 0.15) is 6.04 Å². The Morgan fingerprint density at radius 2 is 2.22 bits per heavy atom. The number of ether oxygens (including phenoxy) is 1. The van der Waals surface area contributed by atoms with E-state index in [2.05, 4.69) is 22.6 Å². The van der Waals surface area contributed by atoms with E-state index in [0.717, 1.165) is 25.4 Å². The monoisotopic (exact) mass is 255 g/mol. The molecule has 0 saturated carbocycles. The molecule has 18 heavy (non-hydrogen) atoms. The number of morpholine rings is 1. The molecule has 2 N–H and O–H groups in total. The summed E-state index contributed by atoms with van der Waals surface area (Å²) in [6.07, 6.45) is 3.63. The normalized spacial score (nSPS) is 27.1. The van der Waals surface area contributed by atoms with Gasteiger partial charge in [0.05, 0.1) is 13.2 Å². The molecule has 0 spiro atoms. The van der Waals surface area contributed by atoms with E-state index in [4.69, 9.17) is 4.74 Å². The standard InChI is InChI=1S/C13H25N3O2/c1-16-7-3-11(4-8-16)2-5-15-13(17)12-10-18-9-6-14-12/h11-12,14H,2-10H2,1H3,(H,15,17). The van der Waals surface area contributed by atoms with Crippen molar-refractivity contribution in [3.05, 3.63) is 0 Å². The molecule has 0 aromatic carbocycles. The van der Waals surface area contributed by atoms with Gasteiger partial charge < -0.3 is 20.3 Å². The summed E-state index contributed by atoms with van der Waals surface area (Å²) in [5, 5.41) is 6.19. The van der Waals surface area contributed by atoms with E-state index in [-0.39, 0.29) is 11.9 Å². The molecule has 0 bridgehead atoms. The van der Waals surface area contributed by atoms with E-state index >= 15 is 0 Å². The van der Waals surface area contributed by atoms with Crippen LogP contribution in [0.15, 0.2) is 0 Å². The van der Waals surface area contributed by atoms with E-state index in [9.17, 15) is 4.79 Å². The quantitative estimate of drug-likeness (QED) is 0.732. The van der Waals surface area contributed by atoms with Gasteiger partial charge >= 0.3 is 0 Å². The van der Waals surface area contributed by atoms with Crippen molar-refractivity contribution in [1.29, 1.82) is 0 Å². The summed E-state index contributed by atoms with van der Waals surface area (Å²) < 4.78 is 5.28. The first kappa shape index (κ1) is 13.8. The first-order chi connectivity index (χ1) is 8.75. The van der Waals surface area contributed by atoms with E-state index < -0.39 is 0 Å². The molecular formula is C13H25N3O2. The van der Waals surface area contributed by atoms with Crippen molar-refractivity contribution < 1.29 is 9.53 Å². The van der Waals surface area contributed by atoms with Crippen LogP contribution in [0.25, 0.3) is 0 Å². The summed E-state index contributed by atoms with van der Waals surface area (Å²) in [5.41, 5.74) is 0. The van der Waals surface area contributed by atoms with E-state index in [1.165, 1.54) is 25.9 Å². The number of carbonyl (C=O) groups is 1. The minimum Gasteiger partial charge on any atom is -0.378 e. The second-order valence-corrected chi connectivity index (χ2v) is 5.41. The first-order valence-electron chi connectivity index (χ1n) is 7.03. The number of nitrogens with one attached hydrogen (secondary N) is 2. The van der Waals surface area contributed by atoms with Crippen LogP contribution >= 0.6 is 0 Å². The average Bonchev–Trinajstić information content (AvgIpc) is 2.42. The van der Waals surface area contributed by atoms with Crippen LogP contribution in [-0.4, -0.2) is 63.3 Å². The molecule has 2 saturated heterocycles. The maximum Gasteiger partial charge on any atom is 0.239 e. The second kappa shape index (κ2) is 7.07. The largest absolute Gasteiger partial charge is 0.378 e. The molecule has 0 radical (unpaired) electrons. The van der Waals surface area contributed by atoms with Crippen molar-refractivity contribution >= 4 is 5.91 Å². The van der Waals surface area contributed by atoms with Gasteiger partial charge in [0.2, 0.25) is 5.91 Å². The third-order valence-electron chi connectivity index (χ3n) is 3.93. The highest BCUT2D eigenvalue weighted by Crippen LogP contribution is 2.18. The molecule has 0 aromatic heterocycles. The zero-order valence-electron chi connectivity index (χ0n) is 11.3. The van der Waals surface area contributed by atoms with Crippen LogP contribution in [0.2, 0.25) is 0 Å². The molecule has 2 heterocycles. The number of likely N-dealkylation sites (tertiary alicyclic amines) is 1. The molecule has 1 atom stereocenters. The number of hydrogen-bond acceptors (Lipinski definition) is 4. The molecule has 5 nitrogen and oxygen atoms in total. The number of carbonyl (C=O) groups excluding carboxylic acids is 1. The van der Waals surface area contributed by atoms with Crippen molar-refractivity contribution in [3.63, 3.8) is 0 Å². The SMILES string of the molecule is CN1CCC(CCNC(=O)C2COCCN2)CC1. The minimum absolute atomic E-state index is 0.0858. The van der Waals surface area contributed by atoms with Gasteiger partial charge in [-0.2, -0.15) is 0 Å². The molecular weight excluding hydrogens is 230 g/mol. The Balaban J connectivity index is 1.58. The average molecular weight is 255 g/mol. The van der Waals surface area contributed by atoms with E-state index in [1.54, 1.807) is 0 Å². The van der Waals surface area contributed by atoms with Crippen LogP contribution in [0.4, 0.5) is 0 Å². The van der Waals surface area contributed by atoms with Crippen molar-refractivity contribution in [2.24, 2.45) is 5.92 Å². The second-order valence-electron chi connectivity index (χ2n) is 5.41. The fraction of sp³-hybridized carbons (Fsp3) is 0.923. The van der Waals surface area contributed by atoms with Gasteiger partial charge in [-0.1, -0.05) is 0 Å². The molecule has 1 unspecified atom stereocenters. The molecule has 2 rings (SSSR count). The Morgan fingerprint density at radius 3 is 2.89 bits per heavy atom. The predicted molar refractivity (Wildman–Crippen MR) is 70.5 cm³/mol. The summed E-state index contributed by atoms with van der Waals surface area (Å²) >= 11 is 0. The Labute approximate surface area is 109 Å². The summed E-state index contributed by atoms with van der Waals surface area (Å²) in [7, 11) is 2.17. The number of amides is 1. The smallest absolute Gasteiger partial charge is 0.239 e. The minimum atomic E-state index is -0.156. The van der Waals surface area contributed by atoms with Crippen molar-refractivity contribution in [2.75, 3.05) is 46.4 Å². The Bertz CT molecular complexity index is 259. The highest BCUT2D eigenvalue weighted by Gasteiger charge is 2.21. The molecule has 0 aliphatic carbocycles. The van der Waals surface area contributed by atoms with Crippen LogP contribution < -0.4 is 10.6 Å². The van der Waals surface area contributed by atoms with Crippen molar-refractivity contribution in [3.8, 4) is 0 Å². The maximum atomic E-state index is 11.8. The lowest BCUT2D eigenvalue weighted by atomic mass is 9.94. The maximum absolute atomic E-state index is 11.8. The van der Waals surface area contributed by atoms with Gasteiger partial charge in [-0.15, -0.1) is 0 Å². The van der Waals surface area contributed by atoms with Crippen LogP contribution in [0.3, 0.4) is 0 Å². The third-order valence-corrected chi connectivity index (χ3v) is 3.93. The fourth-order valence-corrected chi connectivity index (χ4v) is 2.61. The number of rotatable bonds is 4. The van der Waals surface area contributed by atoms with Crippen LogP contribution in [-0.2, 0) is 9.53 Å². The summed E-state index contributed by atoms with van der Waals surface area (Å²) in [6, 6.07) is -0.156. The van der Waals surface area contributed by atoms with E-state index in [1.807, 2.05) is 0 Å². The summed E-state index contributed by atoms with van der Waals surface area (Å²) in [5.74, 6) is 0.861. The van der Waals surface area contributed by atoms with Crippen LogP contribution in [0.5, 0.6) is 0 Å².